The minimum atomic E-state index is -0.661. The lowest BCUT2D eigenvalue weighted by molar-refractivity contribution is -0.147. The van der Waals surface area contributed by atoms with E-state index < -0.39 is 17.6 Å². The van der Waals surface area contributed by atoms with E-state index in [0.717, 1.165) is 25.1 Å². The number of hydrogen-bond donors (Lipinski definition) is 2. The van der Waals surface area contributed by atoms with Gasteiger partial charge < -0.3 is 39.5 Å². The summed E-state index contributed by atoms with van der Waals surface area (Å²) >= 11 is 1.95. The summed E-state index contributed by atoms with van der Waals surface area (Å²) in [6, 6.07) is 0.170. The summed E-state index contributed by atoms with van der Waals surface area (Å²) in [6.45, 7) is 15.2. The zero-order valence-corrected chi connectivity index (χ0v) is 28.0. The van der Waals surface area contributed by atoms with Crippen LogP contribution < -0.4 is 10.6 Å². The number of thioether (sulfide) groups is 1. The summed E-state index contributed by atoms with van der Waals surface area (Å²) in [7, 11) is 1.71. The SMILES string of the molecule is COCCCNC1C(C(=O)N(CC(C)C)[C@H]2C[C@@H](C(=O)N3CCOCC3)CN(C(=O)OC(C)(C)C)C2)CNC2CCSC21. The van der Waals surface area contributed by atoms with Crippen LogP contribution in [0, 0.1) is 17.8 Å². The Balaban J connectivity index is 1.59. The second kappa shape index (κ2) is 15.6. The molecule has 3 amide bonds. The quantitative estimate of drug-likeness (QED) is 0.352. The maximum atomic E-state index is 14.7. The average Bonchev–Trinajstić information content (AvgIpc) is 3.46. The standard InChI is InChI=1S/C31H55N5O6S/c1-21(2)18-36(29(38)24-17-33-25-8-15-43-27(25)26(24)32-9-7-12-40-6)23-16-22(28(37)34-10-13-41-14-11-34)19-35(20-23)30(39)42-31(3,4)5/h21-27,32-33H,7-20H2,1-6H3/t22-,23+,24?,25?,26?,27?/m1/s1. The molecule has 4 aliphatic rings. The molecule has 4 heterocycles. The number of carbonyl (C=O) groups excluding carboxylic acids is 3. The fourth-order valence-corrected chi connectivity index (χ4v) is 8.44. The number of fused-ring (bicyclic) bond motifs is 1. The van der Waals surface area contributed by atoms with Crippen LogP contribution in [0.2, 0.25) is 0 Å². The minimum Gasteiger partial charge on any atom is -0.444 e. The maximum absolute atomic E-state index is 14.7. The maximum Gasteiger partial charge on any atom is 0.410 e. The third-order valence-corrected chi connectivity index (χ3v) is 10.3. The van der Waals surface area contributed by atoms with Gasteiger partial charge in [-0.3, -0.25) is 9.59 Å². The molecule has 0 bridgehead atoms. The molecule has 0 radical (unpaired) electrons. The van der Waals surface area contributed by atoms with E-state index in [0.29, 0.717) is 76.8 Å². The lowest BCUT2D eigenvalue weighted by Crippen LogP contribution is -2.65. The molecular weight excluding hydrogens is 570 g/mol. The van der Waals surface area contributed by atoms with Crippen LogP contribution in [0.5, 0.6) is 0 Å². The molecule has 4 unspecified atom stereocenters. The lowest BCUT2D eigenvalue weighted by Gasteiger charge is -2.47. The smallest absolute Gasteiger partial charge is 0.410 e. The molecule has 0 aromatic heterocycles. The van der Waals surface area contributed by atoms with Crippen molar-refractivity contribution < 1.29 is 28.6 Å². The van der Waals surface area contributed by atoms with Crippen molar-refractivity contribution in [2.75, 3.05) is 78.5 Å². The Labute approximate surface area is 262 Å². The molecule has 4 fully saturated rings. The first-order valence-corrected chi connectivity index (χ1v) is 17.3. The molecule has 0 aliphatic carbocycles. The average molecular weight is 626 g/mol. The number of ether oxygens (including phenoxy) is 3. The normalized spacial score (nSPS) is 29.8. The van der Waals surface area contributed by atoms with E-state index in [2.05, 4.69) is 24.5 Å². The molecule has 43 heavy (non-hydrogen) atoms. The molecule has 246 valence electrons. The Morgan fingerprint density at radius 1 is 1.14 bits per heavy atom. The van der Waals surface area contributed by atoms with E-state index in [1.54, 1.807) is 12.0 Å². The van der Waals surface area contributed by atoms with Gasteiger partial charge in [-0.05, 0) is 58.2 Å². The van der Waals surface area contributed by atoms with Crippen molar-refractivity contribution in [1.29, 1.82) is 0 Å². The van der Waals surface area contributed by atoms with Crippen LogP contribution in [0.15, 0.2) is 0 Å². The van der Waals surface area contributed by atoms with Gasteiger partial charge in [0.25, 0.3) is 0 Å². The number of amides is 3. The Hall–Kier alpha value is -1.60. The van der Waals surface area contributed by atoms with E-state index in [1.807, 2.05) is 42.3 Å². The van der Waals surface area contributed by atoms with Gasteiger partial charge in [0.1, 0.15) is 5.60 Å². The van der Waals surface area contributed by atoms with Gasteiger partial charge in [0.2, 0.25) is 11.8 Å². The van der Waals surface area contributed by atoms with Gasteiger partial charge >= 0.3 is 6.09 Å². The molecule has 2 N–H and O–H groups in total. The molecule has 4 saturated heterocycles. The van der Waals surface area contributed by atoms with Crippen molar-refractivity contribution in [1.82, 2.24) is 25.3 Å². The van der Waals surface area contributed by atoms with Crippen LogP contribution in [-0.4, -0.2) is 140 Å². The van der Waals surface area contributed by atoms with Gasteiger partial charge in [-0.15, -0.1) is 0 Å². The van der Waals surface area contributed by atoms with E-state index in [1.165, 1.54) is 0 Å². The fourth-order valence-electron chi connectivity index (χ4n) is 6.82. The second-order valence-corrected chi connectivity index (χ2v) is 15.2. The van der Waals surface area contributed by atoms with E-state index >= 15 is 0 Å². The Kier molecular flexibility index (Phi) is 12.4. The van der Waals surface area contributed by atoms with Crippen LogP contribution >= 0.6 is 11.8 Å². The highest BCUT2D eigenvalue weighted by molar-refractivity contribution is 8.00. The van der Waals surface area contributed by atoms with Gasteiger partial charge in [0, 0.05) is 70.3 Å². The number of methoxy groups -OCH3 is 1. The summed E-state index contributed by atoms with van der Waals surface area (Å²) in [5, 5.41) is 7.76. The number of nitrogens with one attached hydrogen (secondary N) is 2. The van der Waals surface area contributed by atoms with Crippen molar-refractivity contribution in [3.05, 3.63) is 0 Å². The third kappa shape index (κ3) is 9.22. The van der Waals surface area contributed by atoms with Gasteiger partial charge in [-0.1, -0.05) is 13.8 Å². The Morgan fingerprint density at radius 2 is 1.88 bits per heavy atom. The first kappa shape index (κ1) is 34.3. The van der Waals surface area contributed by atoms with E-state index in [4.69, 9.17) is 14.2 Å². The monoisotopic (exact) mass is 625 g/mol. The number of piperidine rings is 2. The predicted molar refractivity (Wildman–Crippen MR) is 168 cm³/mol. The zero-order chi connectivity index (χ0) is 31.1. The Morgan fingerprint density at radius 3 is 2.56 bits per heavy atom. The summed E-state index contributed by atoms with van der Waals surface area (Å²) < 4.78 is 16.5. The zero-order valence-electron chi connectivity index (χ0n) is 27.1. The first-order chi connectivity index (χ1) is 20.5. The summed E-state index contributed by atoms with van der Waals surface area (Å²) in [5.41, 5.74) is -0.661. The molecule has 0 spiro atoms. The third-order valence-electron chi connectivity index (χ3n) is 8.78. The van der Waals surface area contributed by atoms with Crippen LogP contribution in [0.3, 0.4) is 0 Å². The second-order valence-electron chi connectivity index (χ2n) is 13.9. The molecule has 0 aromatic rings. The number of morpholine rings is 1. The molecule has 6 atom stereocenters. The largest absolute Gasteiger partial charge is 0.444 e. The number of rotatable bonds is 10. The molecule has 12 heteroatoms. The fraction of sp³-hybridized carbons (Fsp3) is 0.903. The van der Waals surface area contributed by atoms with E-state index in [9.17, 15) is 14.4 Å². The number of hydrogen-bond acceptors (Lipinski definition) is 9. The molecule has 4 rings (SSSR count). The van der Waals surface area contributed by atoms with Crippen molar-refractivity contribution in [3.63, 3.8) is 0 Å². The number of nitrogens with zero attached hydrogens (tertiary/aromatic N) is 3. The highest BCUT2D eigenvalue weighted by atomic mass is 32.2. The van der Waals surface area contributed by atoms with Gasteiger partial charge in [0.05, 0.1) is 31.1 Å². The van der Waals surface area contributed by atoms with Gasteiger partial charge in [0.15, 0.2) is 0 Å². The van der Waals surface area contributed by atoms with Crippen molar-refractivity contribution in [3.8, 4) is 0 Å². The number of carbonyl (C=O) groups is 3. The first-order valence-electron chi connectivity index (χ1n) is 16.2. The molecule has 0 saturated carbocycles. The van der Waals surface area contributed by atoms with Crippen molar-refractivity contribution >= 4 is 29.7 Å². The van der Waals surface area contributed by atoms with Crippen molar-refractivity contribution in [2.45, 2.75) is 82.9 Å². The lowest BCUT2D eigenvalue weighted by atomic mass is 9.85. The highest BCUT2D eigenvalue weighted by Gasteiger charge is 2.48. The van der Waals surface area contributed by atoms with Crippen LogP contribution in [0.25, 0.3) is 0 Å². The van der Waals surface area contributed by atoms with Gasteiger partial charge in [-0.25, -0.2) is 4.79 Å². The van der Waals surface area contributed by atoms with Crippen LogP contribution in [0.1, 0.15) is 53.9 Å². The van der Waals surface area contributed by atoms with Gasteiger partial charge in [-0.2, -0.15) is 11.8 Å². The highest BCUT2D eigenvalue weighted by Crippen LogP contribution is 2.36. The molecule has 0 aromatic carbocycles. The molecule has 4 aliphatic heterocycles. The minimum absolute atomic E-state index is 0.0284. The van der Waals surface area contributed by atoms with Crippen LogP contribution in [0.4, 0.5) is 4.79 Å². The molecule has 11 nitrogen and oxygen atoms in total. The summed E-state index contributed by atoms with van der Waals surface area (Å²) in [5.74, 6) is 0.805. The predicted octanol–water partition coefficient (Wildman–Crippen LogP) is 2.04. The van der Waals surface area contributed by atoms with Crippen LogP contribution in [-0.2, 0) is 23.8 Å². The Bertz CT molecular complexity index is 942. The van der Waals surface area contributed by atoms with E-state index in [-0.39, 0.29) is 35.7 Å². The number of likely N-dealkylation sites (tertiary alicyclic amines) is 1. The topological polar surface area (TPSA) is 113 Å². The summed E-state index contributed by atoms with van der Waals surface area (Å²) in [6.07, 6.45) is 2.09. The summed E-state index contributed by atoms with van der Waals surface area (Å²) in [4.78, 5) is 47.3. The molecular formula is C31H55N5O6S. The van der Waals surface area contributed by atoms with Crippen molar-refractivity contribution in [2.24, 2.45) is 17.8 Å².